The van der Waals surface area contributed by atoms with Gasteiger partial charge in [-0.15, -0.1) is 0 Å². The second-order valence-corrected chi connectivity index (χ2v) is 10.2. The number of benzene rings is 1. The van der Waals surface area contributed by atoms with Crippen LogP contribution in [-0.4, -0.2) is 39.4 Å². The van der Waals surface area contributed by atoms with Crippen LogP contribution in [0.15, 0.2) is 29.3 Å². The van der Waals surface area contributed by atoms with Crippen LogP contribution in [-0.2, 0) is 16.6 Å². The van der Waals surface area contributed by atoms with Crippen molar-refractivity contribution in [3.63, 3.8) is 0 Å². The maximum Gasteiger partial charge on any atom is 0.325 e. The number of amides is 4. The second-order valence-electron chi connectivity index (χ2n) is 9.17. The van der Waals surface area contributed by atoms with E-state index in [9.17, 15) is 14.4 Å². The highest BCUT2D eigenvalue weighted by atomic mass is 32.1. The first-order chi connectivity index (χ1) is 13.6. The molecule has 0 radical (unpaired) electrons. The van der Waals surface area contributed by atoms with E-state index in [1.54, 1.807) is 0 Å². The average molecular weight is 415 g/mol. The molecule has 2 aromatic rings. The lowest BCUT2D eigenvalue weighted by Gasteiger charge is -2.43. The van der Waals surface area contributed by atoms with Crippen LogP contribution in [0.4, 0.5) is 4.79 Å². The van der Waals surface area contributed by atoms with Crippen molar-refractivity contribution >= 4 is 39.4 Å². The zero-order valence-corrected chi connectivity index (χ0v) is 18.0. The first-order valence-corrected chi connectivity index (χ1v) is 10.7. The number of imide groups is 1. The lowest BCUT2D eigenvalue weighted by Crippen LogP contribution is -2.54. The molecule has 8 heteroatoms. The molecule has 0 bridgehead atoms. The Hall–Kier alpha value is -2.48. The Morgan fingerprint density at radius 3 is 2.69 bits per heavy atom. The summed E-state index contributed by atoms with van der Waals surface area (Å²) in [4.78, 5) is 44.1. The van der Waals surface area contributed by atoms with Crippen molar-refractivity contribution in [3.05, 3.63) is 29.1 Å². The number of aromatic nitrogens is 1. The number of hydrogen-bond donors (Lipinski definition) is 1. The third-order valence-electron chi connectivity index (χ3n) is 5.85. The first-order valence-electron chi connectivity index (χ1n) is 9.86. The molecule has 1 saturated carbocycles. The summed E-state index contributed by atoms with van der Waals surface area (Å²) in [6, 6.07) is 7.30. The summed E-state index contributed by atoms with van der Waals surface area (Å²) in [6.45, 7) is 6.01. The smallest absolute Gasteiger partial charge is 0.323 e. The van der Waals surface area contributed by atoms with Gasteiger partial charge >= 0.3 is 6.03 Å². The summed E-state index contributed by atoms with van der Waals surface area (Å²) in [6.07, 6.45) is 2.20. The number of aryl methyl sites for hydroxylation is 1. The fourth-order valence-electron chi connectivity index (χ4n) is 5.12. The molecule has 1 saturated heterocycles. The maximum atomic E-state index is 13.2. The van der Waals surface area contributed by atoms with Crippen LogP contribution in [0.3, 0.4) is 0 Å². The van der Waals surface area contributed by atoms with Crippen molar-refractivity contribution in [2.45, 2.75) is 45.6 Å². The molecular formula is C21H26N4O3S. The topological polar surface area (TPSA) is 83.8 Å². The van der Waals surface area contributed by atoms with Crippen LogP contribution in [0.2, 0.25) is 0 Å². The van der Waals surface area contributed by atoms with Gasteiger partial charge in [0.15, 0.2) is 4.80 Å². The number of hydrogen-bond acceptors (Lipinski definition) is 4. The quantitative estimate of drug-likeness (QED) is 0.767. The van der Waals surface area contributed by atoms with Crippen molar-refractivity contribution in [1.29, 1.82) is 0 Å². The Balaban J connectivity index is 1.58. The van der Waals surface area contributed by atoms with Crippen LogP contribution < -0.4 is 10.1 Å². The van der Waals surface area contributed by atoms with E-state index in [2.05, 4.69) is 31.1 Å². The molecule has 2 heterocycles. The summed E-state index contributed by atoms with van der Waals surface area (Å²) in [5.41, 5.74) is 0.0350. The van der Waals surface area contributed by atoms with Crippen molar-refractivity contribution in [1.82, 2.24) is 14.8 Å². The number of carbonyl (C=O) groups is 3. The van der Waals surface area contributed by atoms with Crippen LogP contribution >= 0.6 is 11.3 Å². The number of rotatable bonds is 2. The molecule has 29 heavy (non-hydrogen) atoms. The van der Waals surface area contributed by atoms with Crippen LogP contribution in [0.5, 0.6) is 0 Å². The zero-order valence-electron chi connectivity index (χ0n) is 17.2. The van der Waals surface area contributed by atoms with Gasteiger partial charge in [-0.1, -0.05) is 44.2 Å². The molecule has 1 aromatic carbocycles. The molecule has 1 aromatic heterocycles. The van der Waals surface area contributed by atoms with E-state index < -0.39 is 17.5 Å². The maximum absolute atomic E-state index is 13.2. The van der Waals surface area contributed by atoms with Gasteiger partial charge in [0.05, 0.1) is 10.2 Å². The molecule has 2 fully saturated rings. The summed E-state index contributed by atoms with van der Waals surface area (Å²) in [7, 11) is 1.85. The minimum absolute atomic E-state index is 0.0458. The molecule has 4 rings (SSSR count). The monoisotopic (exact) mass is 414 g/mol. The van der Waals surface area contributed by atoms with Gasteiger partial charge in [-0.25, -0.2) is 4.79 Å². The molecular weight excluding hydrogens is 388 g/mol. The van der Waals surface area contributed by atoms with Gasteiger partial charge in [-0.3, -0.25) is 14.5 Å². The van der Waals surface area contributed by atoms with Gasteiger partial charge in [0.1, 0.15) is 12.1 Å². The van der Waals surface area contributed by atoms with E-state index in [1.165, 1.54) is 11.3 Å². The lowest BCUT2D eigenvalue weighted by atomic mass is 9.64. The van der Waals surface area contributed by atoms with Gasteiger partial charge in [0.2, 0.25) is 0 Å². The zero-order chi connectivity index (χ0) is 21.0. The van der Waals surface area contributed by atoms with Crippen LogP contribution in [0.1, 0.15) is 40.0 Å². The fourth-order valence-corrected chi connectivity index (χ4v) is 6.15. The standard InChI is InChI=1S/C21H26N4O3S/c1-13-9-20(2,3)12-21(10-13)17(27)25(18(28)23-21)11-16(26)22-19-24(4)14-7-5-6-8-15(14)29-19/h5-8,13H,9-12H2,1-4H3,(H,23,28). The first kappa shape index (κ1) is 19.8. The van der Waals surface area contributed by atoms with E-state index in [0.29, 0.717) is 23.6 Å². The molecule has 1 aliphatic heterocycles. The Morgan fingerprint density at radius 2 is 2.00 bits per heavy atom. The third kappa shape index (κ3) is 3.50. The Kier molecular flexibility index (Phi) is 4.64. The van der Waals surface area contributed by atoms with Gasteiger partial charge < -0.3 is 9.88 Å². The van der Waals surface area contributed by atoms with Crippen LogP contribution in [0.25, 0.3) is 10.2 Å². The summed E-state index contributed by atoms with van der Waals surface area (Å²) < 4.78 is 2.87. The molecule has 2 unspecified atom stereocenters. The molecule has 2 aliphatic rings. The lowest BCUT2D eigenvalue weighted by molar-refractivity contribution is -0.137. The number of urea groups is 1. The van der Waals surface area contributed by atoms with Crippen molar-refractivity contribution < 1.29 is 14.4 Å². The van der Waals surface area contributed by atoms with Gasteiger partial charge in [-0.2, -0.15) is 4.99 Å². The van der Waals surface area contributed by atoms with Crippen LogP contribution in [0, 0.1) is 11.3 Å². The minimum Gasteiger partial charge on any atom is -0.323 e. The van der Waals surface area contributed by atoms with Gasteiger partial charge in [-0.05, 0) is 42.7 Å². The molecule has 1 spiro atoms. The number of fused-ring (bicyclic) bond motifs is 1. The highest BCUT2D eigenvalue weighted by Gasteiger charge is 2.56. The van der Waals surface area contributed by atoms with Gasteiger partial charge in [0, 0.05) is 7.05 Å². The molecule has 2 atom stereocenters. The van der Waals surface area contributed by atoms with E-state index in [1.807, 2.05) is 35.9 Å². The Morgan fingerprint density at radius 1 is 1.28 bits per heavy atom. The van der Waals surface area contributed by atoms with E-state index in [-0.39, 0.29) is 17.9 Å². The molecule has 4 amide bonds. The molecule has 7 nitrogen and oxygen atoms in total. The summed E-state index contributed by atoms with van der Waals surface area (Å²) in [5.74, 6) is -0.483. The van der Waals surface area contributed by atoms with E-state index in [0.717, 1.165) is 21.5 Å². The number of nitrogens with zero attached hydrogens (tertiary/aromatic N) is 3. The second kappa shape index (κ2) is 6.79. The number of nitrogens with one attached hydrogen (secondary N) is 1. The number of para-hydroxylation sites is 1. The van der Waals surface area contributed by atoms with Gasteiger partial charge in [0.25, 0.3) is 11.8 Å². The third-order valence-corrected chi connectivity index (χ3v) is 6.97. The van der Waals surface area contributed by atoms with Crippen molar-refractivity contribution in [3.8, 4) is 0 Å². The Bertz CT molecular complexity index is 1080. The van der Waals surface area contributed by atoms with Crippen molar-refractivity contribution in [2.75, 3.05) is 6.54 Å². The SMILES string of the molecule is CC1CC(C)(C)CC2(C1)NC(=O)N(CC(=O)N=c1sc3ccccc3n1C)C2=O. The molecule has 154 valence electrons. The number of carbonyl (C=O) groups excluding carboxylic acids is 3. The highest BCUT2D eigenvalue weighted by Crippen LogP contribution is 2.46. The fraction of sp³-hybridized carbons (Fsp3) is 0.524. The predicted molar refractivity (Wildman–Crippen MR) is 111 cm³/mol. The Labute approximate surface area is 173 Å². The molecule has 1 aliphatic carbocycles. The summed E-state index contributed by atoms with van der Waals surface area (Å²) >= 11 is 1.40. The van der Waals surface area contributed by atoms with E-state index in [4.69, 9.17) is 0 Å². The number of thiazole rings is 1. The minimum atomic E-state index is -0.902. The van der Waals surface area contributed by atoms with Crippen molar-refractivity contribution in [2.24, 2.45) is 23.4 Å². The molecule has 1 N–H and O–H groups in total. The largest absolute Gasteiger partial charge is 0.325 e. The normalized spacial score (nSPS) is 27.1. The highest BCUT2D eigenvalue weighted by molar-refractivity contribution is 7.16. The predicted octanol–water partition coefficient (Wildman–Crippen LogP) is 2.80. The average Bonchev–Trinajstić information content (AvgIpc) is 3.03. The van der Waals surface area contributed by atoms with E-state index >= 15 is 0 Å². The summed E-state index contributed by atoms with van der Waals surface area (Å²) in [5, 5.41) is 2.90.